The minimum absolute atomic E-state index is 0.184. The second-order valence-corrected chi connectivity index (χ2v) is 10.6. The summed E-state index contributed by atoms with van der Waals surface area (Å²) in [6.07, 6.45) is 0. The van der Waals surface area contributed by atoms with E-state index in [-0.39, 0.29) is 5.78 Å². The molecule has 0 radical (unpaired) electrons. The van der Waals surface area contributed by atoms with Gasteiger partial charge < -0.3 is 0 Å². The summed E-state index contributed by atoms with van der Waals surface area (Å²) >= 11 is 0. The number of aryl methyl sites for hydroxylation is 2. The van der Waals surface area contributed by atoms with Gasteiger partial charge in [-0.15, -0.1) is 0 Å². The standard InChI is InChI=1S/C29H32O3P/c1-15-14-16(2)26(21(7)17(15)3)29(31)33(32)25-13-11-10-12-24(25)28(30)27-22(8)19(5)18(4)20(6)23(27)9/h10-14H,1-9H3/q+1. The van der Waals surface area contributed by atoms with Crippen LogP contribution in [-0.4, -0.2) is 11.3 Å². The van der Waals surface area contributed by atoms with Crippen molar-refractivity contribution >= 4 is 24.4 Å². The molecule has 0 N–H and O–H groups in total. The number of hydrogen-bond acceptors (Lipinski definition) is 3. The molecule has 3 rings (SSSR count). The average Bonchev–Trinajstić information content (AvgIpc) is 2.79. The van der Waals surface area contributed by atoms with Crippen molar-refractivity contribution < 1.29 is 14.2 Å². The molecular weight excluding hydrogens is 427 g/mol. The van der Waals surface area contributed by atoms with E-state index >= 15 is 0 Å². The summed E-state index contributed by atoms with van der Waals surface area (Å²) in [6.45, 7) is 17.8. The van der Waals surface area contributed by atoms with Crippen LogP contribution in [0.15, 0.2) is 30.3 Å². The summed E-state index contributed by atoms with van der Waals surface area (Å²) < 4.78 is 13.6. The predicted molar refractivity (Wildman–Crippen MR) is 137 cm³/mol. The molecule has 0 saturated heterocycles. The molecule has 170 valence electrons. The van der Waals surface area contributed by atoms with Crippen molar-refractivity contribution in [3.8, 4) is 0 Å². The Bertz CT molecular complexity index is 1320. The Morgan fingerprint density at radius 2 is 1.09 bits per heavy atom. The molecule has 0 aliphatic carbocycles. The highest BCUT2D eigenvalue weighted by molar-refractivity contribution is 7.71. The number of benzene rings is 3. The molecule has 0 amide bonds. The Morgan fingerprint density at radius 3 is 1.67 bits per heavy atom. The molecule has 4 heteroatoms. The first kappa shape index (κ1) is 24.7. The summed E-state index contributed by atoms with van der Waals surface area (Å²) in [4.78, 5) is 27.2. The van der Waals surface area contributed by atoms with Gasteiger partial charge in [0.05, 0.1) is 11.1 Å². The third-order valence-corrected chi connectivity index (χ3v) is 8.77. The number of ketones is 1. The molecule has 0 heterocycles. The molecule has 33 heavy (non-hydrogen) atoms. The second-order valence-electron chi connectivity index (χ2n) is 9.08. The molecule has 0 fully saturated rings. The number of carbonyl (C=O) groups excluding carboxylic acids is 2. The molecule has 3 aromatic rings. The van der Waals surface area contributed by atoms with Gasteiger partial charge in [-0.25, -0.2) is 4.79 Å². The zero-order chi connectivity index (χ0) is 24.8. The normalized spacial score (nSPS) is 11.5. The van der Waals surface area contributed by atoms with Gasteiger partial charge in [0.2, 0.25) is 5.30 Å². The zero-order valence-corrected chi connectivity index (χ0v) is 22.0. The van der Waals surface area contributed by atoms with E-state index in [0.717, 1.165) is 44.5 Å². The van der Waals surface area contributed by atoms with Crippen LogP contribution in [0.1, 0.15) is 76.4 Å². The molecule has 0 aliphatic rings. The molecule has 0 saturated carbocycles. The Hall–Kier alpha value is -2.90. The van der Waals surface area contributed by atoms with Crippen LogP contribution in [0.3, 0.4) is 0 Å². The van der Waals surface area contributed by atoms with Gasteiger partial charge >= 0.3 is 13.3 Å². The van der Waals surface area contributed by atoms with Gasteiger partial charge in [0.15, 0.2) is 5.78 Å². The number of carbonyl (C=O) groups is 2. The topological polar surface area (TPSA) is 51.2 Å². The summed E-state index contributed by atoms with van der Waals surface area (Å²) in [5, 5.41) is 0.300. The molecule has 0 bridgehead atoms. The van der Waals surface area contributed by atoms with Gasteiger partial charge in [0.1, 0.15) is 0 Å². The maximum atomic E-state index is 13.8. The largest absolute Gasteiger partial charge is 0.459 e. The van der Waals surface area contributed by atoms with Crippen molar-refractivity contribution in [1.29, 1.82) is 0 Å². The summed E-state index contributed by atoms with van der Waals surface area (Å²) in [5.41, 5.74) is 10.0. The van der Waals surface area contributed by atoms with Crippen molar-refractivity contribution in [2.24, 2.45) is 0 Å². The molecule has 3 aromatic carbocycles. The molecular formula is C29H32O3P+. The molecule has 3 nitrogen and oxygen atoms in total. The second kappa shape index (κ2) is 9.15. The SMILES string of the molecule is Cc1cc(C)c(C(=O)[P+](=O)c2ccccc2C(=O)c2c(C)c(C)c(C)c(C)c2C)c(C)c1C. The van der Waals surface area contributed by atoms with E-state index in [4.69, 9.17) is 0 Å². The van der Waals surface area contributed by atoms with Crippen LogP contribution in [0.4, 0.5) is 0 Å². The van der Waals surface area contributed by atoms with Gasteiger partial charge in [0, 0.05) is 5.56 Å². The average molecular weight is 460 g/mol. The van der Waals surface area contributed by atoms with Crippen molar-refractivity contribution in [2.75, 3.05) is 0 Å². The Morgan fingerprint density at radius 1 is 0.606 bits per heavy atom. The van der Waals surface area contributed by atoms with E-state index in [9.17, 15) is 14.2 Å². The van der Waals surface area contributed by atoms with Crippen LogP contribution in [0.5, 0.6) is 0 Å². The molecule has 1 unspecified atom stereocenters. The maximum Gasteiger partial charge on any atom is 0.459 e. The molecule has 0 aliphatic heterocycles. The van der Waals surface area contributed by atoms with E-state index in [1.165, 1.54) is 5.56 Å². The minimum atomic E-state index is -2.46. The van der Waals surface area contributed by atoms with E-state index in [1.54, 1.807) is 24.3 Å². The van der Waals surface area contributed by atoms with Gasteiger partial charge in [-0.2, -0.15) is 0 Å². The smallest absolute Gasteiger partial charge is 0.288 e. The molecule has 0 aromatic heterocycles. The fraction of sp³-hybridized carbons (Fsp3) is 0.310. The quantitative estimate of drug-likeness (QED) is 0.305. The fourth-order valence-corrected chi connectivity index (χ4v) is 6.02. The highest BCUT2D eigenvalue weighted by Gasteiger charge is 2.39. The highest BCUT2D eigenvalue weighted by atomic mass is 31.1. The van der Waals surface area contributed by atoms with Crippen molar-refractivity contribution in [3.05, 3.63) is 97.1 Å². The van der Waals surface area contributed by atoms with Crippen molar-refractivity contribution in [1.82, 2.24) is 0 Å². The van der Waals surface area contributed by atoms with E-state index in [0.29, 0.717) is 22.0 Å². The summed E-state index contributed by atoms with van der Waals surface area (Å²) in [6, 6.07) is 8.78. The lowest BCUT2D eigenvalue weighted by Crippen LogP contribution is -2.19. The maximum absolute atomic E-state index is 13.8. The Kier molecular flexibility index (Phi) is 6.86. The van der Waals surface area contributed by atoms with Crippen LogP contribution < -0.4 is 5.30 Å². The highest BCUT2D eigenvalue weighted by Crippen LogP contribution is 2.34. The van der Waals surface area contributed by atoms with Crippen LogP contribution in [0, 0.1) is 62.3 Å². The number of hydrogen-bond donors (Lipinski definition) is 0. The zero-order valence-electron chi connectivity index (χ0n) is 21.1. The van der Waals surface area contributed by atoms with Crippen LogP contribution in [0.25, 0.3) is 0 Å². The molecule has 0 spiro atoms. The van der Waals surface area contributed by atoms with Gasteiger partial charge in [-0.3, -0.25) is 4.79 Å². The van der Waals surface area contributed by atoms with Gasteiger partial charge in [-0.05, 0) is 125 Å². The van der Waals surface area contributed by atoms with Crippen LogP contribution >= 0.6 is 7.80 Å². The summed E-state index contributed by atoms with van der Waals surface area (Å²) in [7, 11) is -2.46. The lowest BCUT2D eigenvalue weighted by atomic mass is 9.86. The van der Waals surface area contributed by atoms with Crippen molar-refractivity contribution in [2.45, 2.75) is 62.3 Å². The summed E-state index contributed by atoms with van der Waals surface area (Å²) in [5.74, 6) is -0.184. The van der Waals surface area contributed by atoms with E-state index in [2.05, 4.69) is 6.92 Å². The van der Waals surface area contributed by atoms with E-state index < -0.39 is 13.3 Å². The lowest BCUT2D eigenvalue weighted by Gasteiger charge is -2.18. The van der Waals surface area contributed by atoms with Crippen LogP contribution in [-0.2, 0) is 4.57 Å². The Balaban J connectivity index is 2.16. The first-order valence-electron chi connectivity index (χ1n) is 11.2. The van der Waals surface area contributed by atoms with Crippen LogP contribution in [0.2, 0.25) is 0 Å². The third kappa shape index (κ3) is 4.11. The molecule has 1 atom stereocenters. The fourth-order valence-electron chi connectivity index (χ4n) is 4.64. The van der Waals surface area contributed by atoms with E-state index in [1.807, 2.05) is 61.5 Å². The first-order valence-corrected chi connectivity index (χ1v) is 12.5. The van der Waals surface area contributed by atoms with Crippen molar-refractivity contribution in [3.63, 3.8) is 0 Å². The predicted octanol–water partition coefficient (Wildman–Crippen LogP) is 6.99. The third-order valence-electron chi connectivity index (χ3n) is 7.35. The Labute approximate surface area is 198 Å². The van der Waals surface area contributed by atoms with Gasteiger partial charge in [-0.1, -0.05) is 22.8 Å². The monoisotopic (exact) mass is 459 g/mol. The lowest BCUT2D eigenvalue weighted by molar-refractivity contribution is 0.103. The van der Waals surface area contributed by atoms with Gasteiger partial charge in [0.25, 0.3) is 0 Å². The first-order chi connectivity index (χ1) is 15.4. The number of rotatable bonds is 5. The minimum Gasteiger partial charge on any atom is -0.288 e.